The zero-order valence-electron chi connectivity index (χ0n) is 12.6. The van der Waals surface area contributed by atoms with Crippen molar-refractivity contribution >= 4 is 17.3 Å². The number of hydrogen-bond acceptors (Lipinski definition) is 4. The summed E-state index contributed by atoms with van der Waals surface area (Å²) in [7, 11) is 1.71. The molecule has 1 fully saturated rings. The van der Waals surface area contributed by atoms with E-state index in [1.165, 1.54) is 12.1 Å². The normalized spacial score (nSPS) is 22.0. The lowest BCUT2D eigenvalue weighted by Gasteiger charge is -2.39. The van der Waals surface area contributed by atoms with Gasteiger partial charge in [-0.2, -0.15) is 0 Å². The van der Waals surface area contributed by atoms with Crippen LogP contribution in [-0.2, 0) is 0 Å². The van der Waals surface area contributed by atoms with Gasteiger partial charge in [0.25, 0.3) is 11.6 Å². The topological polar surface area (TPSA) is 75.5 Å². The predicted octanol–water partition coefficient (Wildman–Crippen LogP) is 3.04. The average molecular weight is 291 g/mol. The molecule has 114 valence electrons. The van der Waals surface area contributed by atoms with E-state index in [1.54, 1.807) is 13.1 Å². The van der Waals surface area contributed by atoms with Crippen molar-refractivity contribution in [2.24, 2.45) is 0 Å². The fourth-order valence-electron chi connectivity index (χ4n) is 3.00. The van der Waals surface area contributed by atoms with Crippen LogP contribution in [0, 0.1) is 10.1 Å². The second kappa shape index (κ2) is 6.11. The molecule has 1 aliphatic heterocycles. The molecule has 0 aromatic heterocycles. The van der Waals surface area contributed by atoms with Crippen LogP contribution in [-0.4, -0.2) is 34.9 Å². The van der Waals surface area contributed by atoms with Crippen LogP contribution in [0.1, 0.15) is 43.5 Å². The highest BCUT2D eigenvalue weighted by molar-refractivity contribution is 6.00. The van der Waals surface area contributed by atoms with Gasteiger partial charge in [0, 0.05) is 37.0 Å². The fourth-order valence-corrected chi connectivity index (χ4v) is 3.00. The van der Waals surface area contributed by atoms with Gasteiger partial charge in [-0.3, -0.25) is 14.9 Å². The molecule has 2 rings (SSSR count). The molecule has 21 heavy (non-hydrogen) atoms. The van der Waals surface area contributed by atoms with Crippen molar-refractivity contribution < 1.29 is 9.72 Å². The molecule has 0 unspecified atom stereocenters. The standard InChI is InChI=1S/C15H21N3O3/c1-10-5-4-6-11(2)17(10)15(19)13-9-12(18(20)21)7-8-14(13)16-3/h7-11,16H,4-6H2,1-3H3/t10-,11+. The minimum Gasteiger partial charge on any atom is -0.387 e. The van der Waals surface area contributed by atoms with E-state index in [1.807, 2.05) is 18.7 Å². The van der Waals surface area contributed by atoms with Gasteiger partial charge in [0.2, 0.25) is 0 Å². The lowest BCUT2D eigenvalue weighted by molar-refractivity contribution is -0.384. The molecule has 1 amide bonds. The molecule has 1 aliphatic rings. The Morgan fingerprint density at radius 1 is 1.33 bits per heavy atom. The average Bonchev–Trinajstić information content (AvgIpc) is 2.46. The molecule has 2 atom stereocenters. The minimum atomic E-state index is -0.473. The number of amides is 1. The third-order valence-electron chi connectivity index (χ3n) is 4.14. The van der Waals surface area contributed by atoms with Crippen molar-refractivity contribution in [1.82, 2.24) is 4.90 Å². The number of carbonyl (C=O) groups excluding carboxylic acids is 1. The number of nitro benzene ring substituents is 1. The van der Waals surface area contributed by atoms with Crippen molar-refractivity contribution in [2.75, 3.05) is 12.4 Å². The highest BCUT2D eigenvalue weighted by atomic mass is 16.6. The molecule has 0 aliphatic carbocycles. The summed E-state index contributed by atoms with van der Waals surface area (Å²) in [6.45, 7) is 4.06. The number of nitrogens with one attached hydrogen (secondary N) is 1. The van der Waals surface area contributed by atoms with Crippen molar-refractivity contribution in [3.8, 4) is 0 Å². The number of benzene rings is 1. The van der Waals surface area contributed by atoms with E-state index in [0.29, 0.717) is 11.3 Å². The largest absolute Gasteiger partial charge is 0.387 e. The summed E-state index contributed by atoms with van der Waals surface area (Å²) in [5, 5.41) is 13.9. The zero-order valence-corrected chi connectivity index (χ0v) is 12.6. The maximum absolute atomic E-state index is 12.8. The molecule has 1 aromatic carbocycles. The van der Waals surface area contributed by atoms with Gasteiger partial charge < -0.3 is 10.2 Å². The number of anilines is 1. The molecular formula is C15H21N3O3. The summed E-state index contributed by atoms with van der Waals surface area (Å²) in [5.41, 5.74) is 0.928. The van der Waals surface area contributed by atoms with E-state index in [9.17, 15) is 14.9 Å². The van der Waals surface area contributed by atoms with Gasteiger partial charge in [0.1, 0.15) is 0 Å². The molecular weight excluding hydrogens is 270 g/mol. The van der Waals surface area contributed by atoms with Gasteiger partial charge in [0.05, 0.1) is 10.5 Å². The number of nitro groups is 1. The van der Waals surface area contributed by atoms with Crippen LogP contribution in [0.15, 0.2) is 18.2 Å². The molecule has 0 spiro atoms. The summed E-state index contributed by atoms with van der Waals surface area (Å²) in [6.07, 6.45) is 3.06. The molecule has 1 N–H and O–H groups in total. The van der Waals surface area contributed by atoms with E-state index < -0.39 is 4.92 Å². The SMILES string of the molecule is CNc1ccc([N+](=O)[O-])cc1C(=O)N1[C@H](C)CCC[C@@H]1C. The van der Waals surface area contributed by atoms with Crippen LogP contribution in [0.25, 0.3) is 0 Å². The number of nitrogens with zero attached hydrogens (tertiary/aromatic N) is 2. The monoisotopic (exact) mass is 291 g/mol. The van der Waals surface area contributed by atoms with Crippen molar-refractivity contribution in [3.05, 3.63) is 33.9 Å². The summed E-state index contributed by atoms with van der Waals surface area (Å²) < 4.78 is 0. The van der Waals surface area contributed by atoms with E-state index in [2.05, 4.69) is 5.32 Å². The van der Waals surface area contributed by atoms with Crippen molar-refractivity contribution in [1.29, 1.82) is 0 Å². The van der Waals surface area contributed by atoms with Gasteiger partial charge in [-0.05, 0) is 39.2 Å². The van der Waals surface area contributed by atoms with Gasteiger partial charge >= 0.3 is 0 Å². The Bertz CT molecular complexity index is 549. The first-order chi connectivity index (χ1) is 9.95. The quantitative estimate of drug-likeness (QED) is 0.686. The molecule has 0 bridgehead atoms. The van der Waals surface area contributed by atoms with Crippen LogP contribution < -0.4 is 5.32 Å². The van der Waals surface area contributed by atoms with Crippen LogP contribution in [0.2, 0.25) is 0 Å². The number of carbonyl (C=O) groups is 1. The first kappa shape index (κ1) is 15.3. The Balaban J connectivity index is 2.41. The lowest BCUT2D eigenvalue weighted by atomic mass is 9.96. The number of rotatable bonds is 3. The highest BCUT2D eigenvalue weighted by Crippen LogP contribution is 2.29. The van der Waals surface area contributed by atoms with E-state index in [-0.39, 0.29) is 23.7 Å². The molecule has 0 radical (unpaired) electrons. The second-order valence-electron chi connectivity index (χ2n) is 5.58. The second-order valence-corrected chi connectivity index (χ2v) is 5.58. The summed E-state index contributed by atoms with van der Waals surface area (Å²) >= 11 is 0. The number of likely N-dealkylation sites (tertiary alicyclic amines) is 1. The smallest absolute Gasteiger partial charge is 0.270 e. The molecule has 1 saturated heterocycles. The molecule has 6 nitrogen and oxygen atoms in total. The van der Waals surface area contributed by atoms with Crippen molar-refractivity contribution in [2.45, 2.75) is 45.2 Å². The summed E-state index contributed by atoms with van der Waals surface area (Å²) in [6, 6.07) is 4.67. The Labute approximate surface area is 124 Å². The Hall–Kier alpha value is -2.11. The zero-order chi connectivity index (χ0) is 15.6. The van der Waals surface area contributed by atoms with Gasteiger partial charge in [-0.15, -0.1) is 0 Å². The third kappa shape index (κ3) is 2.99. The maximum Gasteiger partial charge on any atom is 0.270 e. The molecule has 6 heteroatoms. The van der Waals surface area contributed by atoms with Gasteiger partial charge in [-0.25, -0.2) is 0 Å². The Kier molecular flexibility index (Phi) is 4.45. The first-order valence-corrected chi connectivity index (χ1v) is 7.24. The van der Waals surface area contributed by atoms with E-state index in [4.69, 9.17) is 0 Å². The first-order valence-electron chi connectivity index (χ1n) is 7.24. The Morgan fingerprint density at radius 3 is 2.48 bits per heavy atom. The third-order valence-corrected chi connectivity index (χ3v) is 4.14. The Morgan fingerprint density at radius 2 is 1.95 bits per heavy atom. The predicted molar refractivity (Wildman–Crippen MR) is 81.6 cm³/mol. The van der Waals surface area contributed by atoms with Crippen LogP contribution in [0.4, 0.5) is 11.4 Å². The molecule has 1 heterocycles. The fraction of sp³-hybridized carbons (Fsp3) is 0.533. The van der Waals surface area contributed by atoms with Crippen molar-refractivity contribution in [3.63, 3.8) is 0 Å². The van der Waals surface area contributed by atoms with Gasteiger partial charge in [0.15, 0.2) is 0 Å². The number of piperidine rings is 1. The highest BCUT2D eigenvalue weighted by Gasteiger charge is 2.31. The summed E-state index contributed by atoms with van der Waals surface area (Å²) in [4.78, 5) is 25.2. The van der Waals surface area contributed by atoms with Gasteiger partial charge in [-0.1, -0.05) is 0 Å². The van der Waals surface area contributed by atoms with E-state index >= 15 is 0 Å². The maximum atomic E-state index is 12.8. The van der Waals surface area contributed by atoms with E-state index in [0.717, 1.165) is 19.3 Å². The lowest BCUT2D eigenvalue weighted by Crippen LogP contribution is -2.47. The number of non-ortho nitro benzene ring substituents is 1. The minimum absolute atomic E-state index is 0.0605. The van der Waals surface area contributed by atoms with Crippen LogP contribution in [0.3, 0.4) is 0 Å². The molecule has 1 aromatic rings. The van der Waals surface area contributed by atoms with Crippen LogP contribution >= 0.6 is 0 Å². The summed E-state index contributed by atoms with van der Waals surface area (Å²) in [5.74, 6) is -0.136. The van der Waals surface area contributed by atoms with Crippen LogP contribution in [0.5, 0.6) is 0 Å². The molecule has 0 saturated carbocycles. The number of hydrogen-bond donors (Lipinski definition) is 1.